The Morgan fingerprint density at radius 2 is 2.24 bits per heavy atom. The molecule has 108 valence electrons. The Kier molecular flexibility index (Phi) is 5.03. The van der Waals surface area contributed by atoms with Crippen molar-refractivity contribution >= 4 is 46.4 Å². The van der Waals surface area contributed by atoms with Crippen molar-refractivity contribution in [2.75, 3.05) is 5.32 Å². The first kappa shape index (κ1) is 15.6. The summed E-state index contributed by atoms with van der Waals surface area (Å²) in [6, 6.07) is 3.70. The van der Waals surface area contributed by atoms with Gasteiger partial charge in [0.2, 0.25) is 5.91 Å². The lowest BCUT2D eigenvalue weighted by Gasteiger charge is -2.11. The Bertz CT molecular complexity index is 676. The van der Waals surface area contributed by atoms with Crippen molar-refractivity contribution in [3.63, 3.8) is 0 Å². The minimum absolute atomic E-state index is 0.124. The summed E-state index contributed by atoms with van der Waals surface area (Å²) >= 11 is 1.20. The van der Waals surface area contributed by atoms with Crippen LogP contribution in [0.5, 0.6) is 0 Å². The Balaban J connectivity index is 1.96. The van der Waals surface area contributed by atoms with Crippen molar-refractivity contribution in [3.8, 4) is 0 Å². The Morgan fingerprint density at radius 1 is 1.48 bits per heavy atom. The van der Waals surface area contributed by atoms with Gasteiger partial charge in [0, 0.05) is 6.42 Å². The molecule has 0 aliphatic carbocycles. The van der Waals surface area contributed by atoms with Crippen LogP contribution >= 0.6 is 11.3 Å². The van der Waals surface area contributed by atoms with Crippen molar-refractivity contribution in [3.05, 3.63) is 24.0 Å². The number of fused-ring (bicyclic) bond motifs is 1. The summed E-state index contributed by atoms with van der Waals surface area (Å²) in [6.45, 7) is 1.41. The van der Waals surface area contributed by atoms with E-state index < -0.39 is 6.04 Å². The first-order chi connectivity index (χ1) is 9.99. The lowest BCUT2D eigenvalue weighted by Crippen LogP contribution is -2.34. The monoisotopic (exact) mass is 305 g/mol. The largest absolute Gasteiger partial charge is 0.358 e. The summed E-state index contributed by atoms with van der Waals surface area (Å²) in [6.07, 6.45) is 0.440. The van der Waals surface area contributed by atoms with Gasteiger partial charge in [-0.3, -0.25) is 9.59 Å². The maximum Gasteiger partial charge on any atom is 0.226 e. The second-order valence-corrected chi connectivity index (χ2v) is 5.58. The van der Waals surface area contributed by atoms with Crippen molar-refractivity contribution in [2.45, 2.75) is 25.8 Å². The molecule has 0 bridgehead atoms. The van der Waals surface area contributed by atoms with E-state index in [9.17, 15) is 14.0 Å². The van der Waals surface area contributed by atoms with E-state index in [1.807, 2.05) is 0 Å². The average molecular weight is 305 g/mol. The van der Waals surface area contributed by atoms with E-state index in [0.29, 0.717) is 21.8 Å². The molecule has 0 spiro atoms. The molecule has 0 aliphatic rings. The molecule has 1 amide bonds. The number of rotatable bonds is 6. The van der Waals surface area contributed by atoms with Crippen LogP contribution in [0.15, 0.2) is 18.2 Å². The molecule has 0 aliphatic heterocycles. The van der Waals surface area contributed by atoms with Crippen LogP contribution in [-0.2, 0) is 9.59 Å². The normalized spacial score (nSPS) is 12.3. The van der Waals surface area contributed by atoms with Crippen LogP contribution in [0.1, 0.15) is 19.8 Å². The lowest BCUT2D eigenvalue weighted by atomic mass is 10.1. The first-order valence-electron chi connectivity index (χ1n) is 6.32. The van der Waals surface area contributed by atoms with Gasteiger partial charge in [-0.1, -0.05) is 11.3 Å². The maximum atomic E-state index is 13.1. The van der Waals surface area contributed by atoms with Gasteiger partial charge < -0.3 is 10.5 Å². The second kappa shape index (κ2) is 6.77. The van der Waals surface area contributed by atoms with Gasteiger partial charge in [-0.05, 0) is 31.5 Å². The highest BCUT2D eigenvalue weighted by Crippen LogP contribution is 2.26. The third-order valence-electron chi connectivity index (χ3n) is 2.95. The molecule has 0 fully saturated rings. The third-order valence-corrected chi connectivity index (χ3v) is 3.88. The van der Waals surface area contributed by atoms with Crippen LogP contribution in [0, 0.1) is 5.82 Å². The topological polar surface area (TPSA) is 71.1 Å². The highest BCUT2D eigenvalue weighted by atomic mass is 32.1. The fourth-order valence-corrected chi connectivity index (χ4v) is 2.72. The van der Waals surface area contributed by atoms with Crippen LogP contribution in [0.25, 0.3) is 10.2 Å². The van der Waals surface area contributed by atoms with Crippen LogP contribution < -0.4 is 10.5 Å². The number of benzene rings is 1. The standard InChI is InChI=1S/C13H13BFN3O2S/c1-7(19)9(18-14)4-5-12(20)17-13-16-10-3-2-8(15)6-11(10)21-13/h2-3,6,9,18H,4-5H2,1H3,(H,16,17,20). The van der Waals surface area contributed by atoms with Crippen molar-refractivity contribution in [1.29, 1.82) is 0 Å². The number of aromatic nitrogens is 1. The van der Waals surface area contributed by atoms with Gasteiger partial charge in [0.1, 0.15) is 11.6 Å². The van der Waals surface area contributed by atoms with Crippen LogP contribution in [-0.4, -0.2) is 30.7 Å². The molecular weight excluding hydrogens is 292 g/mol. The van der Waals surface area contributed by atoms with E-state index in [0.717, 1.165) is 0 Å². The van der Waals surface area contributed by atoms with Gasteiger partial charge in [0.25, 0.3) is 0 Å². The second-order valence-electron chi connectivity index (χ2n) is 4.55. The number of halogens is 1. The molecular formula is C13H13BFN3O2S. The summed E-state index contributed by atoms with van der Waals surface area (Å²) in [5.41, 5.74) is 0.627. The third kappa shape index (κ3) is 4.09. The molecule has 2 N–H and O–H groups in total. The zero-order chi connectivity index (χ0) is 15.4. The number of Topliss-reactive ketones (excluding diaryl/α,β-unsaturated/α-hetero) is 1. The smallest absolute Gasteiger partial charge is 0.226 e. The minimum Gasteiger partial charge on any atom is -0.358 e. The van der Waals surface area contributed by atoms with E-state index in [-0.39, 0.29) is 23.9 Å². The first-order valence-corrected chi connectivity index (χ1v) is 7.14. The molecule has 2 radical (unpaired) electrons. The summed E-state index contributed by atoms with van der Waals surface area (Å²) in [7, 11) is 5.23. The number of carbonyl (C=O) groups is 2. The fourth-order valence-electron chi connectivity index (χ4n) is 1.81. The predicted molar refractivity (Wildman–Crippen MR) is 80.8 cm³/mol. The molecule has 1 aromatic carbocycles. The SMILES string of the molecule is [B]NC(CCC(=O)Nc1nc2ccc(F)cc2s1)C(C)=O. The zero-order valence-corrected chi connectivity index (χ0v) is 12.2. The number of thiazole rings is 1. The van der Waals surface area contributed by atoms with Gasteiger partial charge in [-0.2, -0.15) is 0 Å². The Morgan fingerprint density at radius 3 is 2.90 bits per heavy atom. The molecule has 1 aromatic heterocycles. The highest BCUT2D eigenvalue weighted by Gasteiger charge is 2.14. The highest BCUT2D eigenvalue weighted by molar-refractivity contribution is 7.22. The molecule has 8 heteroatoms. The quantitative estimate of drug-likeness (QED) is 0.798. The number of hydrogen-bond donors (Lipinski definition) is 2. The number of ketones is 1. The molecule has 5 nitrogen and oxygen atoms in total. The average Bonchev–Trinajstić information content (AvgIpc) is 2.80. The fraction of sp³-hybridized carbons (Fsp3) is 0.308. The van der Waals surface area contributed by atoms with Crippen molar-refractivity contribution in [2.24, 2.45) is 0 Å². The molecule has 1 unspecified atom stereocenters. The van der Waals surface area contributed by atoms with Crippen molar-refractivity contribution < 1.29 is 14.0 Å². The number of nitrogens with one attached hydrogen (secondary N) is 2. The van der Waals surface area contributed by atoms with E-state index in [2.05, 4.69) is 15.5 Å². The molecule has 2 rings (SSSR count). The van der Waals surface area contributed by atoms with Gasteiger partial charge in [-0.25, -0.2) is 9.37 Å². The van der Waals surface area contributed by atoms with Crippen LogP contribution in [0.3, 0.4) is 0 Å². The molecule has 0 saturated heterocycles. The number of anilines is 1. The molecule has 21 heavy (non-hydrogen) atoms. The number of nitrogens with zero attached hydrogens (tertiary/aromatic N) is 1. The lowest BCUT2D eigenvalue weighted by molar-refractivity contribution is -0.119. The van der Waals surface area contributed by atoms with Gasteiger partial charge >= 0.3 is 0 Å². The molecule has 1 atom stereocenters. The summed E-state index contributed by atoms with van der Waals surface area (Å²) in [5, 5.41) is 5.40. The zero-order valence-electron chi connectivity index (χ0n) is 11.4. The van der Waals surface area contributed by atoms with E-state index in [4.69, 9.17) is 7.98 Å². The van der Waals surface area contributed by atoms with Crippen LogP contribution in [0.4, 0.5) is 9.52 Å². The molecule has 1 heterocycles. The summed E-state index contributed by atoms with van der Waals surface area (Å²) in [4.78, 5) is 27.2. The minimum atomic E-state index is -0.541. The number of amides is 1. The van der Waals surface area contributed by atoms with E-state index >= 15 is 0 Å². The number of hydrogen-bond acceptors (Lipinski definition) is 5. The maximum absolute atomic E-state index is 13.1. The summed E-state index contributed by atoms with van der Waals surface area (Å²) in [5.74, 6) is -0.737. The van der Waals surface area contributed by atoms with E-state index in [1.54, 1.807) is 6.07 Å². The van der Waals surface area contributed by atoms with Gasteiger partial charge in [0.05, 0.1) is 16.3 Å². The van der Waals surface area contributed by atoms with Gasteiger partial charge in [-0.15, -0.1) is 0 Å². The number of carbonyl (C=O) groups excluding carboxylic acids is 2. The molecule has 2 aromatic rings. The van der Waals surface area contributed by atoms with Crippen LogP contribution in [0.2, 0.25) is 0 Å². The van der Waals surface area contributed by atoms with Crippen molar-refractivity contribution in [1.82, 2.24) is 10.2 Å². The molecule has 0 saturated carbocycles. The van der Waals surface area contributed by atoms with Gasteiger partial charge in [0.15, 0.2) is 13.1 Å². The van der Waals surface area contributed by atoms with E-state index in [1.165, 1.54) is 30.4 Å². The Hall–Kier alpha value is -1.80. The summed E-state index contributed by atoms with van der Waals surface area (Å²) < 4.78 is 13.7. The Labute approximate surface area is 126 Å². The predicted octanol–water partition coefficient (Wildman–Crippen LogP) is 1.78.